The Morgan fingerprint density at radius 2 is 1.78 bits per heavy atom. The maximum Gasteiger partial charge on any atom is 0.264 e. The number of aliphatic hydroxyl groups is 1. The maximum atomic E-state index is 12.5. The Morgan fingerprint density at radius 1 is 1.11 bits per heavy atom. The molecule has 0 radical (unpaired) electrons. The molecule has 0 spiro atoms. The molecule has 3 rings (SSSR count). The minimum atomic E-state index is -0.550. The number of carbonyl (C=O) groups is 1. The van der Waals surface area contributed by atoms with Crippen LogP contribution < -0.4 is 4.74 Å². The standard InChI is InChI=1S/C21H28N2O3S/c1-15-5-4-6-16(2)20(15)26-14-18(24)13-22-9-11-23(12-10-22)21(25)19-8-7-17(3)27-19/h4-8,18,24H,9-14H2,1-3H3. The average molecular weight is 389 g/mol. The number of benzene rings is 1. The summed E-state index contributed by atoms with van der Waals surface area (Å²) < 4.78 is 5.85. The van der Waals surface area contributed by atoms with E-state index in [4.69, 9.17) is 4.74 Å². The van der Waals surface area contributed by atoms with E-state index in [1.807, 2.05) is 56.0 Å². The van der Waals surface area contributed by atoms with Crippen molar-refractivity contribution in [1.29, 1.82) is 0 Å². The first-order valence-electron chi connectivity index (χ1n) is 9.39. The molecule has 1 aliphatic rings. The fourth-order valence-corrected chi connectivity index (χ4v) is 4.23. The van der Waals surface area contributed by atoms with Crippen LogP contribution in [0.1, 0.15) is 25.7 Å². The van der Waals surface area contributed by atoms with E-state index in [1.54, 1.807) is 11.3 Å². The Morgan fingerprint density at radius 3 is 2.37 bits per heavy atom. The van der Waals surface area contributed by atoms with E-state index in [1.165, 1.54) is 0 Å². The summed E-state index contributed by atoms with van der Waals surface area (Å²) >= 11 is 1.55. The molecule has 146 valence electrons. The number of hydrogen-bond donors (Lipinski definition) is 1. The van der Waals surface area contributed by atoms with Crippen molar-refractivity contribution in [2.45, 2.75) is 26.9 Å². The van der Waals surface area contributed by atoms with Gasteiger partial charge in [-0.2, -0.15) is 0 Å². The van der Waals surface area contributed by atoms with E-state index >= 15 is 0 Å². The quantitative estimate of drug-likeness (QED) is 0.827. The lowest BCUT2D eigenvalue weighted by Gasteiger charge is -2.35. The SMILES string of the molecule is Cc1ccc(C(=O)N2CCN(CC(O)COc3c(C)cccc3C)CC2)s1. The number of hydrogen-bond acceptors (Lipinski definition) is 5. The van der Waals surface area contributed by atoms with E-state index in [-0.39, 0.29) is 12.5 Å². The van der Waals surface area contributed by atoms with Crippen molar-refractivity contribution in [3.63, 3.8) is 0 Å². The number of para-hydroxylation sites is 1. The molecule has 1 fully saturated rings. The highest BCUT2D eigenvalue weighted by atomic mass is 32.1. The van der Waals surface area contributed by atoms with Gasteiger partial charge in [0.05, 0.1) is 4.88 Å². The molecular weight excluding hydrogens is 360 g/mol. The van der Waals surface area contributed by atoms with Crippen LogP contribution in [0.2, 0.25) is 0 Å². The summed E-state index contributed by atoms with van der Waals surface area (Å²) in [6, 6.07) is 9.93. The molecule has 6 heteroatoms. The van der Waals surface area contributed by atoms with Gasteiger partial charge in [0.1, 0.15) is 18.5 Å². The van der Waals surface area contributed by atoms with Gasteiger partial charge in [0.2, 0.25) is 0 Å². The van der Waals surface area contributed by atoms with Gasteiger partial charge in [-0.25, -0.2) is 0 Å². The highest BCUT2D eigenvalue weighted by molar-refractivity contribution is 7.13. The third-order valence-electron chi connectivity index (χ3n) is 4.91. The van der Waals surface area contributed by atoms with E-state index in [0.29, 0.717) is 19.6 Å². The summed E-state index contributed by atoms with van der Waals surface area (Å²) in [4.78, 5) is 18.6. The molecule has 1 atom stereocenters. The van der Waals surface area contributed by atoms with Crippen molar-refractivity contribution in [2.24, 2.45) is 0 Å². The van der Waals surface area contributed by atoms with Crippen molar-refractivity contribution >= 4 is 17.2 Å². The first-order valence-corrected chi connectivity index (χ1v) is 10.2. The minimum absolute atomic E-state index is 0.117. The molecule has 27 heavy (non-hydrogen) atoms. The van der Waals surface area contributed by atoms with E-state index in [9.17, 15) is 9.90 Å². The predicted octanol–water partition coefficient (Wildman–Crippen LogP) is 2.87. The van der Waals surface area contributed by atoms with Crippen LogP contribution in [-0.2, 0) is 0 Å². The van der Waals surface area contributed by atoms with Crippen LogP contribution in [0.15, 0.2) is 30.3 Å². The first-order chi connectivity index (χ1) is 12.9. The van der Waals surface area contributed by atoms with Gasteiger partial charge in [-0.05, 0) is 44.0 Å². The zero-order valence-electron chi connectivity index (χ0n) is 16.3. The number of carbonyl (C=O) groups excluding carboxylic acids is 1. The van der Waals surface area contributed by atoms with Crippen LogP contribution in [0.4, 0.5) is 0 Å². The first kappa shape index (κ1) is 19.9. The average Bonchev–Trinajstić information content (AvgIpc) is 3.08. The molecule has 1 unspecified atom stereocenters. The van der Waals surface area contributed by atoms with Crippen LogP contribution in [-0.4, -0.2) is 66.2 Å². The second-order valence-electron chi connectivity index (χ2n) is 7.19. The third kappa shape index (κ3) is 5.09. The molecule has 1 aromatic carbocycles. The molecule has 1 saturated heterocycles. The number of nitrogens with zero attached hydrogens (tertiary/aromatic N) is 2. The highest BCUT2D eigenvalue weighted by Gasteiger charge is 2.24. The topological polar surface area (TPSA) is 53.0 Å². The lowest BCUT2D eigenvalue weighted by atomic mass is 10.1. The Kier molecular flexibility index (Phi) is 6.52. The number of amides is 1. The van der Waals surface area contributed by atoms with Gasteiger partial charge in [0, 0.05) is 37.6 Å². The molecule has 0 bridgehead atoms. The van der Waals surface area contributed by atoms with Gasteiger partial charge in [0.15, 0.2) is 0 Å². The normalized spacial score (nSPS) is 16.4. The third-order valence-corrected chi connectivity index (χ3v) is 5.90. The lowest BCUT2D eigenvalue weighted by Crippen LogP contribution is -2.50. The number of aryl methyl sites for hydroxylation is 3. The molecule has 1 aliphatic heterocycles. The minimum Gasteiger partial charge on any atom is -0.490 e. The van der Waals surface area contributed by atoms with Crippen LogP contribution in [0.25, 0.3) is 0 Å². The van der Waals surface area contributed by atoms with Gasteiger partial charge >= 0.3 is 0 Å². The van der Waals surface area contributed by atoms with Gasteiger partial charge in [-0.15, -0.1) is 11.3 Å². The molecule has 0 aliphatic carbocycles. The zero-order valence-corrected chi connectivity index (χ0v) is 17.1. The zero-order chi connectivity index (χ0) is 19.4. The Hall–Kier alpha value is -1.89. The number of thiophene rings is 1. The van der Waals surface area contributed by atoms with Crippen molar-refractivity contribution in [3.05, 3.63) is 51.2 Å². The number of piperazine rings is 1. The van der Waals surface area contributed by atoms with Gasteiger partial charge in [-0.1, -0.05) is 18.2 Å². The maximum absolute atomic E-state index is 12.5. The van der Waals surface area contributed by atoms with Crippen LogP contribution in [0.5, 0.6) is 5.75 Å². The Bertz CT molecular complexity index is 761. The van der Waals surface area contributed by atoms with Gasteiger partial charge in [-0.3, -0.25) is 9.69 Å². The summed E-state index contributed by atoms with van der Waals surface area (Å²) in [5, 5.41) is 10.4. The van der Waals surface area contributed by atoms with Gasteiger partial charge in [0.25, 0.3) is 5.91 Å². The van der Waals surface area contributed by atoms with Crippen LogP contribution >= 0.6 is 11.3 Å². The molecule has 2 aromatic rings. The highest BCUT2D eigenvalue weighted by Crippen LogP contribution is 2.22. The Balaban J connectivity index is 1.44. The molecule has 1 amide bonds. The number of ether oxygens (including phenoxy) is 1. The molecule has 5 nitrogen and oxygen atoms in total. The van der Waals surface area contributed by atoms with Gasteiger partial charge < -0.3 is 14.7 Å². The van der Waals surface area contributed by atoms with Crippen LogP contribution in [0.3, 0.4) is 0 Å². The molecular formula is C21H28N2O3S. The van der Waals surface area contributed by atoms with Crippen molar-refractivity contribution in [3.8, 4) is 5.75 Å². The Labute approximate surface area is 165 Å². The molecule has 1 N–H and O–H groups in total. The van der Waals surface area contributed by atoms with Crippen molar-refractivity contribution in [2.75, 3.05) is 39.3 Å². The monoisotopic (exact) mass is 388 g/mol. The molecule has 2 heterocycles. The molecule has 0 saturated carbocycles. The molecule has 1 aromatic heterocycles. The second kappa shape index (κ2) is 8.87. The summed E-state index contributed by atoms with van der Waals surface area (Å²) in [5.41, 5.74) is 2.16. The van der Waals surface area contributed by atoms with E-state index in [2.05, 4.69) is 4.90 Å². The fourth-order valence-electron chi connectivity index (χ4n) is 3.40. The van der Waals surface area contributed by atoms with Crippen molar-refractivity contribution in [1.82, 2.24) is 9.80 Å². The van der Waals surface area contributed by atoms with E-state index in [0.717, 1.165) is 39.7 Å². The van der Waals surface area contributed by atoms with Crippen LogP contribution in [0, 0.1) is 20.8 Å². The summed E-state index contributed by atoms with van der Waals surface area (Å²) in [5.74, 6) is 0.977. The second-order valence-corrected chi connectivity index (χ2v) is 8.48. The number of aliphatic hydroxyl groups excluding tert-OH is 1. The largest absolute Gasteiger partial charge is 0.490 e. The summed E-state index contributed by atoms with van der Waals surface area (Å²) in [6.45, 7) is 9.82. The predicted molar refractivity (Wildman–Crippen MR) is 109 cm³/mol. The van der Waals surface area contributed by atoms with E-state index < -0.39 is 6.10 Å². The number of rotatable bonds is 6. The smallest absolute Gasteiger partial charge is 0.264 e. The summed E-state index contributed by atoms with van der Waals surface area (Å²) in [7, 11) is 0. The number of β-amino-alcohol motifs (C(OH)–C–C–N with tert-alkyl or cyclic N) is 1. The van der Waals surface area contributed by atoms with Crippen molar-refractivity contribution < 1.29 is 14.6 Å². The summed E-state index contributed by atoms with van der Waals surface area (Å²) in [6.07, 6.45) is -0.550. The fraction of sp³-hybridized carbons (Fsp3) is 0.476. The lowest BCUT2D eigenvalue weighted by molar-refractivity contribution is 0.0404.